The molecule has 118 valence electrons. The number of carbonyl (C=O) groups is 3. The van der Waals surface area contributed by atoms with Gasteiger partial charge in [-0.3, -0.25) is 14.6 Å². The van der Waals surface area contributed by atoms with Crippen molar-refractivity contribution in [2.45, 2.75) is 6.42 Å². The van der Waals surface area contributed by atoms with Crippen LogP contribution in [0.3, 0.4) is 0 Å². The Kier molecular flexibility index (Phi) is 5.05. The number of pyridine rings is 1. The Morgan fingerprint density at radius 1 is 1.18 bits per heavy atom. The van der Waals surface area contributed by atoms with Gasteiger partial charge in [-0.15, -0.1) is 0 Å². The van der Waals surface area contributed by atoms with Crippen LogP contribution >= 0.6 is 0 Å². The molecule has 2 rings (SSSR count). The van der Waals surface area contributed by atoms with Gasteiger partial charge < -0.3 is 9.47 Å². The summed E-state index contributed by atoms with van der Waals surface area (Å²) in [5, 5.41) is 2.71. The number of methoxy groups -OCH3 is 2. The molecule has 1 aromatic rings. The van der Waals surface area contributed by atoms with E-state index in [0.29, 0.717) is 19.5 Å². The van der Waals surface area contributed by atoms with Crippen molar-refractivity contribution in [2.75, 3.05) is 33.9 Å². The molecule has 0 aliphatic carbocycles. The molecule has 1 aromatic heterocycles. The third kappa shape index (κ3) is 3.22. The van der Waals surface area contributed by atoms with Crippen LogP contribution in [0.4, 0.5) is 0 Å². The van der Waals surface area contributed by atoms with Gasteiger partial charge in [0.25, 0.3) is 11.8 Å². The fourth-order valence-corrected chi connectivity index (χ4v) is 2.17. The molecule has 1 fully saturated rings. The quantitative estimate of drug-likeness (QED) is 0.733. The summed E-state index contributed by atoms with van der Waals surface area (Å²) >= 11 is 0. The maximum absolute atomic E-state index is 12.4. The maximum atomic E-state index is 12.4. The van der Waals surface area contributed by atoms with Gasteiger partial charge in [-0.05, 0) is 18.6 Å². The summed E-state index contributed by atoms with van der Waals surface area (Å²) in [5.41, 5.74) is 0.414. The summed E-state index contributed by atoms with van der Waals surface area (Å²) in [5.74, 6) is -1.19. The Labute approximate surface area is 127 Å². The van der Waals surface area contributed by atoms with E-state index in [9.17, 15) is 14.4 Å². The highest BCUT2D eigenvalue weighted by atomic mass is 16.5. The highest BCUT2D eigenvalue weighted by Gasteiger charge is 2.31. The third-order valence-corrected chi connectivity index (χ3v) is 3.23. The Morgan fingerprint density at radius 3 is 2.50 bits per heavy atom. The zero-order chi connectivity index (χ0) is 16.1. The lowest BCUT2D eigenvalue weighted by Crippen LogP contribution is -2.46. The smallest absolute Gasteiger partial charge is 0.339 e. The molecule has 8 nitrogen and oxygen atoms in total. The van der Waals surface area contributed by atoms with E-state index < -0.39 is 11.9 Å². The molecular formula is C14H17N3O5. The highest BCUT2D eigenvalue weighted by molar-refractivity contribution is 5.95. The van der Waals surface area contributed by atoms with E-state index in [0.717, 1.165) is 0 Å². The van der Waals surface area contributed by atoms with E-state index in [-0.39, 0.29) is 23.8 Å². The topological polar surface area (TPSA) is 89.0 Å². The molecule has 0 unspecified atom stereocenters. The monoisotopic (exact) mass is 307 g/mol. The van der Waals surface area contributed by atoms with Crippen LogP contribution in [-0.2, 0) is 14.3 Å². The lowest BCUT2D eigenvalue weighted by molar-refractivity contribution is -0.144. The Bertz CT molecular complexity index is 572. The molecule has 0 saturated carbocycles. The van der Waals surface area contributed by atoms with E-state index in [1.54, 1.807) is 0 Å². The number of hydrazine groups is 1. The summed E-state index contributed by atoms with van der Waals surface area (Å²) in [6, 6.07) is 2.90. The van der Waals surface area contributed by atoms with Crippen LogP contribution < -0.4 is 0 Å². The second kappa shape index (κ2) is 6.99. The molecule has 8 heteroatoms. The number of rotatable bonds is 4. The van der Waals surface area contributed by atoms with Gasteiger partial charge in [0, 0.05) is 26.4 Å². The number of nitrogens with zero attached hydrogens (tertiary/aromatic N) is 3. The van der Waals surface area contributed by atoms with Crippen molar-refractivity contribution in [1.82, 2.24) is 15.0 Å². The van der Waals surface area contributed by atoms with Crippen LogP contribution in [0.25, 0.3) is 0 Å². The van der Waals surface area contributed by atoms with Crippen LogP contribution in [0.2, 0.25) is 0 Å². The van der Waals surface area contributed by atoms with E-state index in [2.05, 4.69) is 9.72 Å². The first-order valence-corrected chi connectivity index (χ1v) is 6.74. The second-order valence-corrected chi connectivity index (χ2v) is 4.66. The molecule has 1 aliphatic rings. The fraction of sp³-hybridized carbons (Fsp3) is 0.429. The summed E-state index contributed by atoms with van der Waals surface area (Å²) < 4.78 is 9.38. The normalized spacial score (nSPS) is 14.1. The zero-order valence-electron chi connectivity index (χ0n) is 12.4. The average Bonchev–Trinajstić information content (AvgIpc) is 3.03. The number of aromatic nitrogens is 1. The number of carbonyl (C=O) groups excluding carboxylic acids is 3. The summed E-state index contributed by atoms with van der Waals surface area (Å²) in [6.45, 7) is 0.821. The summed E-state index contributed by atoms with van der Waals surface area (Å²) in [7, 11) is 2.69. The van der Waals surface area contributed by atoms with Crippen molar-refractivity contribution in [3.8, 4) is 0 Å². The first-order valence-electron chi connectivity index (χ1n) is 6.74. The van der Waals surface area contributed by atoms with Crippen molar-refractivity contribution < 1.29 is 23.9 Å². The molecule has 0 spiro atoms. The number of hydrogen-bond donors (Lipinski definition) is 0. The number of amides is 2. The van der Waals surface area contributed by atoms with Crippen LogP contribution in [0.5, 0.6) is 0 Å². The van der Waals surface area contributed by atoms with Crippen molar-refractivity contribution in [3.63, 3.8) is 0 Å². The van der Waals surface area contributed by atoms with Gasteiger partial charge in [0.2, 0.25) is 0 Å². The van der Waals surface area contributed by atoms with Crippen LogP contribution in [0.1, 0.15) is 27.3 Å². The fourth-order valence-electron chi connectivity index (χ4n) is 2.17. The standard InChI is InChI=1S/C14H17N3O5/c1-21-9-12(18)16-6-3-7-17(16)13(19)11-5-4-10(8-15-11)14(20)22-2/h4-5,8H,3,6-7,9H2,1-2H3. The van der Waals surface area contributed by atoms with Crippen LogP contribution in [-0.4, -0.2) is 66.7 Å². The second-order valence-electron chi connectivity index (χ2n) is 4.66. The number of ether oxygens (including phenoxy) is 2. The van der Waals surface area contributed by atoms with E-state index >= 15 is 0 Å². The van der Waals surface area contributed by atoms with E-state index in [4.69, 9.17) is 4.74 Å². The van der Waals surface area contributed by atoms with Crippen LogP contribution in [0, 0.1) is 0 Å². The van der Waals surface area contributed by atoms with Gasteiger partial charge in [0.05, 0.1) is 12.7 Å². The van der Waals surface area contributed by atoms with E-state index in [1.165, 1.54) is 42.6 Å². The molecule has 0 atom stereocenters. The molecule has 2 amide bonds. The largest absolute Gasteiger partial charge is 0.465 e. The van der Waals surface area contributed by atoms with Gasteiger partial charge >= 0.3 is 5.97 Å². The minimum absolute atomic E-state index is 0.0848. The molecule has 22 heavy (non-hydrogen) atoms. The molecular weight excluding hydrogens is 290 g/mol. The Morgan fingerprint density at radius 2 is 1.91 bits per heavy atom. The van der Waals surface area contributed by atoms with Crippen molar-refractivity contribution in [1.29, 1.82) is 0 Å². The minimum atomic E-state index is -0.524. The Hall–Kier alpha value is -2.48. The van der Waals surface area contributed by atoms with Crippen molar-refractivity contribution in [3.05, 3.63) is 29.6 Å². The maximum Gasteiger partial charge on any atom is 0.339 e. The third-order valence-electron chi connectivity index (χ3n) is 3.23. The highest BCUT2D eigenvalue weighted by Crippen LogP contribution is 2.15. The first-order chi connectivity index (χ1) is 10.6. The average molecular weight is 307 g/mol. The Balaban J connectivity index is 2.13. The molecule has 0 bridgehead atoms. The molecule has 0 N–H and O–H groups in total. The first kappa shape index (κ1) is 15.9. The van der Waals surface area contributed by atoms with Gasteiger partial charge in [0.15, 0.2) is 0 Å². The lowest BCUT2D eigenvalue weighted by Gasteiger charge is -2.27. The molecule has 2 heterocycles. The summed E-state index contributed by atoms with van der Waals surface area (Å²) in [6.07, 6.45) is 1.97. The summed E-state index contributed by atoms with van der Waals surface area (Å²) in [4.78, 5) is 39.6. The zero-order valence-corrected chi connectivity index (χ0v) is 12.4. The van der Waals surface area contributed by atoms with Gasteiger partial charge in [0.1, 0.15) is 12.3 Å². The number of hydrogen-bond acceptors (Lipinski definition) is 6. The predicted molar refractivity (Wildman–Crippen MR) is 74.8 cm³/mol. The minimum Gasteiger partial charge on any atom is -0.465 e. The van der Waals surface area contributed by atoms with Gasteiger partial charge in [-0.1, -0.05) is 0 Å². The molecule has 1 aliphatic heterocycles. The van der Waals surface area contributed by atoms with Crippen molar-refractivity contribution in [2.24, 2.45) is 0 Å². The predicted octanol–water partition coefficient (Wildman–Crippen LogP) is 0.104. The molecule has 0 aromatic carbocycles. The van der Waals surface area contributed by atoms with Gasteiger partial charge in [-0.2, -0.15) is 0 Å². The van der Waals surface area contributed by atoms with Gasteiger partial charge in [-0.25, -0.2) is 14.8 Å². The van der Waals surface area contributed by atoms with E-state index in [1.807, 2.05) is 0 Å². The SMILES string of the molecule is COCC(=O)N1CCCN1C(=O)c1ccc(C(=O)OC)cn1. The molecule has 0 radical (unpaired) electrons. The lowest BCUT2D eigenvalue weighted by atomic mass is 10.2. The van der Waals surface area contributed by atoms with Crippen molar-refractivity contribution >= 4 is 17.8 Å². The molecule has 1 saturated heterocycles. The number of esters is 1. The van der Waals surface area contributed by atoms with Crippen LogP contribution in [0.15, 0.2) is 18.3 Å².